The van der Waals surface area contributed by atoms with Crippen LogP contribution in [0.25, 0.3) is 0 Å². The van der Waals surface area contributed by atoms with Crippen molar-refractivity contribution in [1.82, 2.24) is 0 Å². The van der Waals surface area contributed by atoms with Crippen LogP contribution < -0.4 is 15.2 Å². The molecule has 15 heteroatoms. The van der Waals surface area contributed by atoms with Crippen LogP contribution >= 0.6 is 11.6 Å². The fourth-order valence-corrected chi connectivity index (χ4v) is 4.72. The molecule has 0 bridgehead atoms. The van der Waals surface area contributed by atoms with E-state index in [2.05, 4.69) is 9.71 Å². The highest BCUT2D eigenvalue weighted by Gasteiger charge is 2.32. The number of aryl methyl sites for hydroxylation is 1. The van der Waals surface area contributed by atoms with Gasteiger partial charge in [0.05, 0.1) is 27.7 Å². The number of anilines is 1. The van der Waals surface area contributed by atoms with Gasteiger partial charge in [-0.1, -0.05) is 25.4 Å². The third-order valence-electron chi connectivity index (χ3n) is 5.70. The number of nitrogens with zero attached hydrogens (tertiary/aromatic N) is 2. The number of hydrogen-bond donors (Lipinski definition) is 1. The van der Waals surface area contributed by atoms with Gasteiger partial charge in [-0.15, -0.1) is 4.40 Å². The molecular weight excluding hydrogens is 627 g/mol. The summed E-state index contributed by atoms with van der Waals surface area (Å²) < 4.78 is 78.3. The number of hydrogen-bond acceptors (Lipinski definition) is 8. The summed E-state index contributed by atoms with van der Waals surface area (Å²) in [5.41, 5.74) is -1.79. The zero-order valence-electron chi connectivity index (χ0n) is 23.4. The summed E-state index contributed by atoms with van der Waals surface area (Å²) in [6.45, 7) is 4.36. The van der Waals surface area contributed by atoms with E-state index in [0.717, 1.165) is 18.2 Å². The first-order valence-corrected chi connectivity index (χ1v) is 14.5. The second-order valence-corrected chi connectivity index (χ2v) is 11.8. The molecule has 0 aliphatic rings. The second kappa shape index (κ2) is 13.8. The van der Waals surface area contributed by atoms with Crippen LogP contribution in [-0.4, -0.2) is 39.4 Å². The summed E-state index contributed by atoms with van der Waals surface area (Å²) in [6, 6.07) is 11.1. The lowest BCUT2D eigenvalue weighted by Crippen LogP contribution is -2.25. The van der Waals surface area contributed by atoms with Gasteiger partial charge in [-0.2, -0.15) is 26.9 Å². The number of alkyl halides is 3. The molecule has 0 unspecified atom stereocenters. The van der Waals surface area contributed by atoms with Gasteiger partial charge in [0.25, 0.3) is 15.9 Å². The van der Waals surface area contributed by atoms with Crippen molar-refractivity contribution in [1.29, 1.82) is 5.26 Å². The molecule has 10 nitrogen and oxygen atoms in total. The maximum Gasteiger partial charge on any atom is 0.416 e. The Labute approximate surface area is 255 Å². The topological polar surface area (TPSA) is 158 Å². The molecule has 0 aromatic heterocycles. The molecule has 3 rings (SSSR count). The minimum Gasteiger partial charge on any atom is -0.599 e. The zero-order chi connectivity index (χ0) is 32.8. The third kappa shape index (κ3) is 8.95. The molecule has 0 radical (unpaired) electrons. The number of nitrogens with one attached hydrogen (secondary N) is 1. The summed E-state index contributed by atoms with van der Waals surface area (Å²) in [7, 11) is -4.39. The zero-order valence-corrected chi connectivity index (χ0v) is 24.9. The van der Waals surface area contributed by atoms with Crippen LogP contribution in [0.4, 0.5) is 18.9 Å². The van der Waals surface area contributed by atoms with Crippen LogP contribution in [-0.2, 0) is 25.7 Å². The first kappa shape index (κ1) is 33.9. The standard InChI is InChI=1S/C29H25ClF3N3O7S/c1-16(2)14-43-28(39)36-44(40,41)22-5-6-24(17(3)8-22)35-26(37)15-42-25-7-4-21(30)12-23(25)27(38)19-9-18(13-34)10-20(11-19)29(31,32)33/h4-12,16H,14-15H2,1-3H3,(H,35,37)(H,36,39)/p-1. The average Bonchev–Trinajstić information content (AvgIpc) is 2.95. The fourth-order valence-electron chi connectivity index (χ4n) is 3.63. The van der Waals surface area contributed by atoms with Crippen molar-refractivity contribution in [2.45, 2.75) is 31.8 Å². The van der Waals surface area contributed by atoms with Gasteiger partial charge >= 0.3 is 6.18 Å². The molecule has 0 aliphatic carbocycles. The van der Waals surface area contributed by atoms with Gasteiger partial charge in [0.15, 0.2) is 18.5 Å². The molecule has 0 atom stereocenters. The molecule has 3 aromatic rings. The van der Waals surface area contributed by atoms with E-state index in [1.165, 1.54) is 31.2 Å². The molecule has 0 heterocycles. The van der Waals surface area contributed by atoms with Crippen LogP contribution in [0.5, 0.6) is 5.75 Å². The summed E-state index contributed by atoms with van der Waals surface area (Å²) in [5.74, 6) is -1.86. The van der Waals surface area contributed by atoms with Crippen molar-refractivity contribution in [3.8, 4) is 11.8 Å². The van der Waals surface area contributed by atoms with Crippen molar-refractivity contribution < 1.29 is 45.8 Å². The summed E-state index contributed by atoms with van der Waals surface area (Å²) in [4.78, 5) is 25.5. The SMILES string of the molecule is Cc1cc(S(=O)(=O)/N=C(/[O-])OCC(C)C)ccc1NC(=O)COc1ccc(Cl)cc1C(=O)c1cc(C#N)cc(C(F)(F)F)c1. The Hall–Kier alpha value is -4.61. The van der Waals surface area contributed by atoms with E-state index in [4.69, 9.17) is 26.3 Å². The number of nitriles is 1. The molecule has 0 aliphatic heterocycles. The largest absolute Gasteiger partial charge is 0.599 e. The molecule has 44 heavy (non-hydrogen) atoms. The number of carbonyl (C=O) groups is 2. The number of amides is 1. The highest BCUT2D eigenvalue weighted by Crippen LogP contribution is 2.32. The van der Waals surface area contributed by atoms with Gasteiger partial charge in [0.2, 0.25) is 0 Å². The lowest BCUT2D eigenvalue weighted by atomic mass is 9.98. The summed E-state index contributed by atoms with van der Waals surface area (Å²) >= 11 is 6.00. The smallest absolute Gasteiger partial charge is 0.416 e. The normalized spacial score (nSPS) is 12.0. The van der Waals surface area contributed by atoms with E-state index in [1.807, 2.05) is 0 Å². The summed E-state index contributed by atoms with van der Waals surface area (Å²) in [6.07, 6.45) is -6.08. The Morgan fingerprint density at radius 1 is 1.11 bits per heavy atom. The van der Waals surface area contributed by atoms with Gasteiger partial charge < -0.3 is 19.9 Å². The molecule has 0 saturated heterocycles. The van der Waals surface area contributed by atoms with Crippen molar-refractivity contribution in [3.05, 3.63) is 87.4 Å². The fraction of sp³-hybridized carbons (Fsp3) is 0.241. The Kier molecular flexibility index (Phi) is 10.6. The van der Waals surface area contributed by atoms with Crippen molar-refractivity contribution in [3.63, 3.8) is 0 Å². The molecule has 1 N–H and O–H groups in total. The average molecular weight is 651 g/mol. The van der Waals surface area contributed by atoms with Crippen LogP contribution in [0, 0.1) is 24.2 Å². The second-order valence-electron chi connectivity index (χ2n) is 9.73. The quantitative estimate of drug-likeness (QED) is 0.185. The van der Waals surface area contributed by atoms with Crippen LogP contribution in [0.2, 0.25) is 5.02 Å². The third-order valence-corrected chi connectivity index (χ3v) is 7.18. The van der Waals surface area contributed by atoms with E-state index in [-0.39, 0.29) is 45.0 Å². The molecule has 3 aromatic carbocycles. The monoisotopic (exact) mass is 650 g/mol. The maximum absolute atomic E-state index is 13.3. The number of halogens is 4. The maximum atomic E-state index is 13.3. The summed E-state index contributed by atoms with van der Waals surface area (Å²) in [5, 5.41) is 23.5. The predicted molar refractivity (Wildman–Crippen MR) is 152 cm³/mol. The lowest BCUT2D eigenvalue weighted by Gasteiger charge is -2.16. The number of rotatable bonds is 10. The first-order chi connectivity index (χ1) is 20.5. The van der Waals surface area contributed by atoms with Gasteiger partial charge in [0, 0.05) is 16.3 Å². The molecule has 1 amide bonds. The molecular formula is C29H24ClF3N3O7S-. The van der Waals surface area contributed by atoms with Gasteiger partial charge in [-0.3, -0.25) is 9.59 Å². The van der Waals surface area contributed by atoms with E-state index in [1.54, 1.807) is 19.9 Å². The predicted octanol–water partition coefficient (Wildman–Crippen LogP) is 4.87. The van der Waals surface area contributed by atoms with Crippen LogP contribution in [0.1, 0.15) is 46.5 Å². The number of benzene rings is 3. The minimum atomic E-state index is -4.82. The van der Waals surface area contributed by atoms with E-state index in [0.29, 0.717) is 17.7 Å². The van der Waals surface area contributed by atoms with Crippen molar-refractivity contribution >= 4 is 45.1 Å². The lowest BCUT2D eigenvalue weighted by molar-refractivity contribution is -0.250. The molecule has 0 spiro atoms. The van der Waals surface area contributed by atoms with Gasteiger partial charge in [-0.25, -0.2) is 0 Å². The first-order valence-electron chi connectivity index (χ1n) is 12.6. The van der Waals surface area contributed by atoms with Crippen LogP contribution in [0.15, 0.2) is 63.9 Å². The minimum absolute atomic E-state index is 0.0109. The molecule has 0 saturated carbocycles. The Bertz CT molecular complexity index is 1770. The van der Waals surface area contributed by atoms with Crippen molar-refractivity contribution in [2.24, 2.45) is 10.3 Å². The number of ketones is 1. The number of ether oxygens (including phenoxy) is 2. The van der Waals surface area contributed by atoms with Gasteiger partial charge in [0.1, 0.15) is 5.75 Å². The Morgan fingerprint density at radius 3 is 2.43 bits per heavy atom. The Morgan fingerprint density at radius 2 is 1.82 bits per heavy atom. The number of sulfonamides is 1. The van der Waals surface area contributed by atoms with E-state index in [9.17, 15) is 36.3 Å². The molecule has 0 fully saturated rings. The molecule has 232 valence electrons. The van der Waals surface area contributed by atoms with Crippen LogP contribution in [0.3, 0.4) is 0 Å². The number of carbonyl (C=O) groups excluding carboxylic acids is 2. The highest BCUT2D eigenvalue weighted by atomic mass is 35.5. The Balaban J connectivity index is 1.77. The highest BCUT2D eigenvalue weighted by molar-refractivity contribution is 7.90. The van der Waals surface area contributed by atoms with E-state index >= 15 is 0 Å². The van der Waals surface area contributed by atoms with Crippen molar-refractivity contribution in [2.75, 3.05) is 18.5 Å². The van der Waals surface area contributed by atoms with Gasteiger partial charge in [-0.05, 0) is 79.6 Å². The van der Waals surface area contributed by atoms with E-state index < -0.39 is 51.7 Å².